The molecule has 2 atom stereocenters. The minimum Gasteiger partial charge on any atom is -0.479 e. The van der Waals surface area contributed by atoms with Crippen LogP contribution in [0.2, 0.25) is 0 Å². The maximum atomic E-state index is 15.4. The largest absolute Gasteiger partial charge is 0.479 e. The Morgan fingerprint density at radius 1 is 1.21 bits per heavy atom. The van der Waals surface area contributed by atoms with Gasteiger partial charge in [-0.15, -0.1) is 10.2 Å². The molecule has 3 aliphatic rings. The summed E-state index contributed by atoms with van der Waals surface area (Å²) in [6.07, 6.45) is 1.19. The van der Waals surface area contributed by atoms with Gasteiger partial charge in [-0.25, -0.2) is 22.4 Å². The van der Waals surface area contributed by atoms with E-state index in [2.05, 4.69) is 30.6 Å². The second-order valence-electron chi connectivity index (χ2n) is 10.7. The first kappa shape index (κ1) is 24.6. The van der Waals surface area contributed by atoms with Gasteiger partial charge in [0.05, 0.1) is 37.4 Å². The lowest BCUT2D eigenvalue weighted by Gasteiger charge is -2.53. The first-order valence-corrected chi connectivity index (χ1v) is 13.2. The molecule has 7 rings (SSSR count). The predicted molar refractivity (Wildman–Crippen MR) is 137 cm³/mol. The second kappa shape index (κ2) is 9.33. The van der Waals surface area contributed by atoms with Crippen molar-refractivity contribution < 1.29 is 22.6 Å². The standard InChI is InChI=1S/C26H29F3N8O2/c1-38-24-23-17(15-2-5-20-21(10-15)37(34-32-20)12-22(28)29)6-9-36(23)33-25(31-24)30-19-7-8-35(11-18(19)27)26(13-39-14-26)16-3-4-16/h2,5-6,9-10,16,18-19,22H,3-4,7-8,11-14H2,1H3,(H,30,33)/t18-,19+/m1/s1. The average molecular weight is 543 g/mol. The molecule has 3 aromatic heterocycles. The van der Waals surface area contributed by atoms with Gasteiger partial charge in [0.2, 0.25) is 11.8 Å². The molecule has 0 bridgehead atoms. The smallest absolute Gasteiger partial charge is 0.258 e. The number of fused-ring (bicyclic) bond motifs is 2. The normalized spacial score (nSPS) is 23.4. The van der Waals surface area contributed by atoms with Crippen LogP contribution < -0.4 is 10.1 Å². The highest BCUT2D eigenvalue weighted by molar-refractivity contribution is 5.89. The topological polar surface area (TPSA) is 94.6 Å². The summed E-state index contributed by atoms with van der Waals surface area (Å²) in [6, 6.07) is 6.78. The van der Waals surface area contributed by atoms with Crippen LogP contribution in [0.15, 0.2) is 30.5 Å². The van der Waals surface area contributed by atoms with Gasteiger partial charge in [0.25, 0.3) is 6.43 Å². The third-order valence-corrected chi connectivity index (χ3v) is 8.34. The second-order valence-corrected chi connectivity index (χ2v) is 10.7. The van der Waals surface area contributed by atoms with Crippen molar-refractivity contribution in [2.45, 2.75) is 50.0 Å². The van der Waals surface area contributed by atoms with E-state index in [4.69, 9.17) is 9.47 Å². The van der Waals surface area contributed by atoms with E-state index in [1.165, 1.54) is 24.6 Å². The molecule has 1 N–H and O–H groups in total. The number of hydrogen-bond acceptors (Lipinski definition) is 8. The number of piperidine rings is 1. The number of benzene rings is 1. The first-order valence-electron chi connectivity index (χ1n) is 13.2. The van der Waals surface area contributed by atoms with Gasteiger partial charge < -0.3 is 14.8 Å². The van der Waals surface area contributed by atoms with Crippen molar-refractivity contribution in [3.8, 4) is 17.0 Å². The molecule has 10 nitrogen and oxygen atoms in total. The van der Waals surface area contributed by atoms with Gasteiger partial charge in [-0.2, -0.15) is 4.98 Å². The molecule has 5 heterocycles. The lowest BCUT2D eigenvalue weighted by atomic mass is 9.86. The Morgan fingerprint density at radius 3 is 2.74 bits per heavy atom. The van der Waals surface area contributed by atoms with Gasteiger partial charge in [-0.05, 0) is 48.9 Å². The zero-order valence-electron chi connectivity index (χ0n) is 21.4. The molecule has 1 saturated carbocycles. The Hall–Kier alpha value is -3.45. The molecule has 2 aliphatic heterocycles. The monoisotopic (exact) mass is 542 g/mol. The number of methoxy groups -OCH3 is 1. The Balaban J connectivity index is 1.14. The highest BCUT2D eigenvalue weighted by Gasteiger charge is 2.55. The maximum Gasteiger partial charge on any atom is 0.258 e. The Kier molecular flexibility index (Phi) is 5.88. The minimum atomic E-state index is -2.55. The number of aromatic nitrogens is 6. The van der Waals surface area contributed by atoms with E-state index in [0.717, 1.165) is 17.7 Å². The van der Waals surface area contributed by atoms with E-state index >= 15 is 4.39 Å². The fraction of sp³-hybridized carbons (Fsp3) is 0.538. The molecule has 13 heteroatoms. The summed E-state index contributed by atoms with van der Waals surface area (Å²) in [5, 5.41) is 15.6. The van der Waals surface area contributed by atoms with Crippen LogP contribution in [0.5, 0.6) is 5.88 Å². The van der Waals surface area contributed by atoms with Gasteiger partial charge >= 0.3 is 0 Å². The fourth-order valence-electron chi connectivity index (χ4n) is 6.07. The van der Waals surface area contributed by atoms with Crippen LogP contribution in [0.4, 0.5) is 19.1 Å². The lowest BCUT2D eigenvalue weighted by molar-refractivity contribution is -0.163. The summed E-state index contributed by atoms with van der Waals surface area (Å²) in [5.74, 6) is 1.22. The van der Waals surface area contributed by atoms with Crippen LogP contribution >= 0.6 is 0 Å². The van der Waals surface area contributed by atoms with Crippen LogP contribution in [-0.4, -0.2) is 92.1 Å². The van der Waals surface area contributed by atoms with Crippen molar-refractivity contribution in [1.29, 1.82) is 0 Å². The van der Waals surface area contributed by atoms with Crippen molar-refractivity contribution in [2.75, 3.05) is 38.7 Å². The van der Waals surface area contributed by atoms with E-state index in [0.29, 0.717) is 54.5 Å². The van der Waals surface area contributed by atoms with E-state index in [1.54, 1.807) is 22.8 Å². The van der Waals surface area contributed by atoms with Crippen molar-refractivity contribution >= 4 is 22.5 Å². The van der Waals surface area contributed by atoms with Gasteiger partial charge in [0.15, 0.2) is 0 Å². The fourth-order valence-corrected chi connectivity index (χ4v) is 6.07. The molecule has 4 aromatic rings. The molecule has 1 aromatic carbocycles. The van der Waals surface area contributed by atoms with Crippen molar-refractivity contribution in [3.63, 3.8) is 0 Å². The summed E-state index contributed by atoms with van der Waals surface area (Å²) in [6.45, 7) is 2.02. The average Bonchev–Trinajstić information content (AvgIpc) is 3.53. The number of nitrogens with one attached hydrogen (secondary N) is 1. The SMILES string of the molecule is COc1nc(N[C@H]2CCN(C3(C4CC4)COC3)C[C@H]2F)nn2ccc(-c3ccc4nnn(CC(F)F)c4c3)c12. The number of ether oxygens (including phenoxy) is 2. The number of likely N-dealkylation sites (tertiary alicyclic amines) is 1. The zero-order chi connectivity index (χ0) is 26.7. The number of nitrogens with zero attached hydrogens (tertiary/aromatic N) is 7. The van der Waals surface area contributed by atoms with E-state index in [9.17, 15) is 8.78 Å². The van der Waals surface area contributed by atoms with Gasteiger partial charge in [0.1, 0.15) is 23.7 Å². The summed E-state index contributed by atoms with van der Waals surface area (Å²) in [5.41, 5.74) is 3.17. The number of hydrogen-bond donors (Lipinski definition) is 1. The molecule has 206 valence electrons. The summed E-state index contributed by atoms with van der Waals surface area (Å²) in [4.78, 5) is 6.85. The predicted octanol–water partition coefficient (Wildman–Crippen LogP) is 3.42. The molecule has 3 fully saturated rings. The first-order chi connectivity index (χ1) is 18.9. The zero-order valence-corrected chi connectivity index (χ0v) is 21.4. The molecule has 0 unspecified atom stereocenters. The van der Waals surface area contributed by atoms with Crippen LogP contribution in [0.25, 0.3) is 27.7 Å². The molecule has 0 spiro atoms. The quantitative estimate of drug-likeness (QED) is 0.362. The number of anilines is 1. The van der Waals surface area contributed by atoms with Crippen molar-refractivity contribution in [3.05, 3.63) is 30.5 Å². The number of rotatable bonds is 8. The van der Waals surface area contributed by atoms with E-state index in [-0.39, 0.29) is 11.5 Å². The number of halogens is 3. The minimum absolute atomic E-state index is 0.0196. The highest BCUT2D eigenvalue weighted by atomic mass is 19.3. The highest BCUT2D eigenvalue weighted by Crippen LogP contribution is 2.48. The van der Waals surface area contributed by atoms with Crippen LogP contribution in [-0.2, 0) is 11.3 Å². The Labute approximate surface area is 222 Å². The summed E-state index contributed by atoms with van der Waals surface area (Å²) < 4.78 is 55.4. The lowest BCUT2D eigenvalue weighted by Crippen LogP contribution is -2.67. The molecule has 0 amide bonds. The summed E-state index contributed by atoms with van der Waals surface area (Å²) >= 11 is 0. The van der Waals surface area contributed by atoms with E-state index in [1.807, 2.05) is 12.1 Å². The van der Waals surface area contributed by atoms with Gasteiger partial charge in [0, 0.05) is 24.8 Å². The summed E-state index contributed by atoms with van der Waals surface area (Å²) in [7, 11) is 1.52. The molecular weight excluding hydrogens is 513 g/mol. The third-order valence-electron chi connectivity index (χ3n) is 8.34. The Morgan fingerprint density at radius 2 is 2.05 bits per heavy atom. The van der Waals surface area contributed by atoms with Crippen LogP contribution in [0, 0.1) is 5.92 Å². The molecule has 1 aliphatic carbocycles. The van der Waals surface area contributed by atoms with E-state index < -0.39 is 25.2 Å². The van der Waals surface area contributed by atoms with Gasteiger partial charge in [-0.1, -0.05) is 11.3 Å². The van der Waals surface area contributed by atoms with Crippen molar-refractivity contribution in [1.82, 2.24) is 34.5 Å². The van der Waals surface area contributed by atoms with Crippen LogP contribution in [0.3, 0.4) is 0 Å². The molecule has 39 heavy (non-hydrogen) atoms. The van der Waals surface area contributed by atoms with Crippen LogP contribution in [0.1, 0.15) is 19.3 Å². The van der Waals surface area contributed by atoms with Crippen molar-refractivity contribution in [2.24, 2.45) is 5.92 Å². The third kappa shape index (κ3) is 4.18. The number of alkyl halides is 3. The Bertz CT molecular complexity index is 1520. The molecule has 2 saturated heterocycles. The molecular formula is C26H29F3N8O2. The molecule has 0 radical (unpaired) electrons. The maximum absolute atomic E-state index is 15.4. The van der Waals surface area contributed by atoms with Gasteiger partial charge in [-0.3, -0.25) is 4.90 Å².